The van der Waals surface area contributed by atoms with Gasteiger partial charge in [0, 0.05) is 5.57 Å². The summed E-state index contributed by atoms with van der Waals surface area (Å²) in [7, 11) is 0. The van der Waals surface area contributed by atoms with E-state index >= 15 is 0 Å². The van der Waals surface area contributed by atoms with Gasteiger partial charge in [-0.3, -0.25) is 0 Å². The molecular formula is C6H10O3. The molecule has 0 radical (unpaired) electrons. The lowest BCUT2D eigenvalue weighted by atomic mass is 10.4. The van der Waals surface area contributed by atoms with Crippen molar-refractivity contribution in [3.8, 4) is 0 Å². The second kappa shape index (κ2) is 6.88. The Balaban J connectivity index is 0. The molecule has 0 unspecified atom stereocenters. The molecule has 0 fully saturated rings. The Hall–Kier alpha value is -1.12. The summed E-state index contributed by atoms with van der Waals surface area (Å²) < 4.78 is 0. The quantitative estimate of drug-likeness (QED) is 0.423. The number of aliphatic carboxylic acids is 1. The van der Waals surface area contributed by atoms with Crippen molar-refractivity contribution in [2.75, 3.05) is 0 Å². The molecule has 0 aromatic heterocycles. The third-order valence-electron chi connectivity index (χ3n) is 0.365. The fourth-order valence-electron chi connectivity index (χ4n) is 0. The summed E-state index contributed by atoms with van der Waals surface area (Å²) in [6.45, 7) is 6.05. The predicted octanol–water partition coefficient (Wildman–Crippen LogP) is 0.852. The maximum atomic E-state index is 9.60. The Kier molecular flexibility index (Phi) is 8.25. The van der Waals surface area contributed by atoms with Crippen LogP contribution < -0.4 is 0 Å². The van der Waals surface area contributed by atoms with E-state index in [1.807, 2.05) is 0 Å². The van der Waals surface area contributed by atoms with Crippen LogP contribution in [0, 0.1) is 0 Å². The minimum Gasteiger partial charge on any atom is -0.478 e. The minimum atomic E-state index is -0.935. The molecule has 0 aromatic carbocycles. The summed E-state index contributed by atoms with van der Waals surface area (Å²) in [6, 6.07) is 0. The monoisotopic (exact) mass is 130 g/mol. The summed E-state index contributed by atoms with van der Waals surface area (Å²) in [6.07, 6.45) is 0.750. The van der Waals surface area contributed by atoms with Crippen molar-refractivity contribution >= 4 is 12.3 Å². The van der Waals surface area contributed by atoms with Crippen LogP contribution in [0.4, 0.5) is 0 Å². The zero-order chi connectivity index (χ0) is 7.86. The number of hydrogen-bond donors (Lipinski definition) is 1. The minimum absolute atomic E-state index is 0.176. The molecule has 52 valence electrons. The molecule has 0 heterocycles. The molecular weight excluding hydrogens is 120 g/mol. The van der Waals surface area contributed by atoms with E-state index in [-0.39, 0.29) is 5.57 Å². The first-order chi connectivity index (χ1) is 4.06. The SMILES string of the molecule is C=C(C)C(=O)O.CC=O. The van der Waals surface area contributed by atoms with Gasteiger partial charge in [-0.2, -0.15) is 0 Å². The van der Waals surface area contributed by atoms with E-state index in [2.05, 4.69) is 6.58 Å². The van der Waals surface area contributed by atoms with Crippen molar-refractivity contribution in [2.45, 2.75) is 13.8 Å². The van der Waals surface area contributed by atoms with Crippen LogP contribution in [0.3, 0.4) is 0 Å². The molecule has 0 saturated heterocycles. The lowest BCUT2D eigenvalue weighted by Crippen LogP contribution is -1.92. The average Bonchev–Trinajstić information content (AvgIpc) is 1.68. The van der Waals surface area contributed by atoms with Gasteiger partial charge in [-0.25, -0.2) is 4.79 Å². The molecule has 1 N–H and O–H groups in total. The second-order valence-electron chi connectivity index (χ2n) is 1.32. The number of carbonyl (C=O) groups excluding carboxylic acids is 1. The van der Waals surface area contributed by atoms with Crippen LogP contribution in [0.15, 0.2) is 12.2 Å². The van der Waals surface area contributed by atoms with Crippen molar-refractivity contribution < 1.29 is 14.7 Å². The van der Waals surface area contributed by atoms with Crippen molar-refractivity contribution in [3.63, 3.8) is 0 Å². The maximum absolute atomic E-state index is 9.60. The van der Waals surface area contributed by atoms with Gasteiger partial charge in [0.2, 0.25) is 0 Å². The van der Waals surface area contributed by atoms with E-state index in [0.717, 1.165) is 6.29 Å². The van der Waals surface area contributed by atoms with E-state index in [4.69, 9.17) is 9.90 Å². The number of carboxylic acids is 1. The standard InChI is InChI=1S/C4H6O2.C2H4O/c1-3(2)4(5)6;1-2-3/h1H2,2H3,(H,5,6);2H,1H3. The van der Waals surface area contributed by atoms with Crippen LogP contribution in [0.5, 0.6) is 0 Å². The number of hydrogen-bond acceptors (Lipinski definition) is 2. The van der Waals surface area contributed by atoms with Crippen LogP contribution in [0.2, 0.25) is 0 Å². The first-order valence-electron chi connectivity index (χ1n) is 2.34. The molecule has 0 atom stereocenters. The van der Waals surface area contributed by atoms with E-state index in [9.17, 15) is 4.79 Å². The maximum Gasteiger partial charge on any atom is 0.330 e. The largest absolute Gasteiger partial charge is 0.478 e. The average molecular weight is 130 g/mol. The van der Waals surface area contributed by atoms with Gasteiger partial charge in [-0.1, -0.05) is 6.58 Å². The fourth-order valence-corrected chi connectivity index (χ4v) is 0. The summed E-state index contributed by atoms with van der Waals surface area (Å²) in [4.78, 5) is 18.4. The zero-order valence-electron chi connectivity index (χ0n) is 5.55. The summed E-state index contributed by atoms with van der Waals surface area (Å²) in [5.74, 6) is -0.935. The molecule has 3 nitrogen and oxygen atoms in total. The topological polar surface area (TPSA) is 54.4 Å². The summed E-state index contributed by atoms with van der Waals surface area (Å²) in [5.41, 5.74) is 0.176. The first kappa shape index (κ1) is 10.8. The van der Waals surface area contributed by atoms with E-state index < -0.39 is 5.97 Å². The number of rotatable bonds is 1. The van der Waals surface area contributed by atoms with Gasteiger partial charge in [0.15, 0.2) is 0 Å². The molecule has 0 bridgehead atoms. The molecule has 0 saturated carbocycles. The number of aldehydes is 1. The van der Waals surface area contributed by atoms with Crippen molar-refractivity contribution in [1.29, 1.82) is 0 Å². The highest BCUT2D eigenvalue weighted by Crippen LogP contribution is 1.81. The second-order valence-corrected chi connectivity index (χ2v) is 1.32. The van der Waals surface area contributed by atoms with Crippen molar-refractivity contribution in [2.24, 2.45) is 0 Å². The number of carboxylic acid groups (broad SMARTS) is 1. The van der Waals surface area contributed by atoms with Gasteiger partial charge in [0.05, 0.1) is 0 Å². The molecule has 3 heteroatoms. The molecule has 0 aliphatic carbocycles. The predicted molar refractivity (Wildman–Crippen MR) is 34.2 cm³/mol. The third-order valence-corrected chi connectivity index (χ3v) is 0.365. The molecule has 9 heavy (non-hydrogen) atoms. The van der Waals surface area contributed by atoms with Crippen LogP contribution in [-0.4, -0.2) is 17.4 Å². The van der Waals surface area contributed by atoms with Crippen LogP contribution >= 0.6 is 0 Å². The Bertz CT molecular complexity index is 103. The zero-order valence-corrected chi connectivity index (χ0v) is 5.55. The fraction of sp³-hybridized carbons (Fsp3) is 0.333. The molecule has 0 aliphatic heterocycles. The van der Waals surface area contributed by atoms with Gasteiger partial charge in [-0.05, 0) is 13.8 Å². The highest BCUT2D eigenvalue weighted by Gasteiger charge is 1.90. The highest BCUT2D eigenvalue weighted by molar-refractivity contribution is 5.84. The Morgan fingerprint density at radius 2 is 1.78 bits per heavy atom. The lowest BCUT2D eigenvalue weighted by Gasteiger charge is -1.79. The van der Waals surface area contributed by atoms with Gasteiger partial charge < -0.3 is 9.90 Å². The van der Waals surface area contributed by atoms with E-state index in [0.29, 0.717) is 0 Å². The Morgan fingerprint density at radius 3 is 1.78 bits per heavy atom. The third kappa shape index (κ3) is 19.8. The highest BCUT2D eigenvalue weighted by atomic mass is 16.4. The first-order valence-corrected chi connectivity index (χ1v) is 2.34. The summed E-state index contributed by atoms with van der Waals surface area (Å²) in [5, 5.41) is 7.89. The van der Waals surface area contributed by atoms with Crippen molar-refractivity contribution in [1.82, 2.24) is 0 Å². The van der Waals surface area contributed by atoms with Gasteiger partial charge >= 0.3 is 5.97 Å². The van der Waals surface area contributed by atoms with Gasteiger partial charge in [0.1, 0.15) is 6.29 Å². The van der Waals surface area contributed by atoms with Crippen molar-refractivity contribution in [3.05, 3.63) is 12.2 Å². The molecule has 0 aromatic rings. The molecule has 0 spiro atoms. The van der Waals surface area contributed by atoms with Crippen LogP contribution in [-0.2, 0) is 9.59 Å². The normalized spacial score (nSPS) is 6.44. The van der Waals surface area contributed by atoms with Gasteiger partial charge in [0.25, 0.3) is 0 Å². The van der Waals surface area contributed by atoms with E-state index in [1.54, 1.807) is 0 Å². The smallest absolute Gasteiger partial charge is 0.330 e. The Morgan fingerprint density at radius 1 is 1.67 bits per heavy atom. The lowest BCUT2D eigenvalue weighted by molar-refractivity contribution is -0.132. The van der Waals surface area contributed by atoms with Crippen LogP contribution in [0.1, 0.15) is 13.8 Å². The Labute approximate surface area is 54.0 Å². The number of carbonyl (C=O) groups is 2. The molecule has 0 aliphatic rings. The van der Waals surface area contributed by atoms with Gasteiger partial charge in [-0.15, -0.1) is 0 Å². The summed E-state index contributed by atoms with van der Waals surface area (Å²) >= 11 is 0. The van der Waals surface area contributed by atoms with E-state index in [1.165, 1.54) is 13.8 Å². The molecule has 0 amide bonds. The van der Waals surface area contributed by atoms with Crippen LogP contribution in [0.25, 0.3) is 0 Å². The molecule has 0 rings (SSSR count).